The molecule has 102 valence electrons. The Bertz CT molecular complexity index is 467. The van der Waals surface area contributed by atoms with E-state index < -0.39 is 11.9 Å². The van der Waals surface area contributed by atoms with Crippen LogP contribution in [-0.4, -0.2) is 18.4 Å². The second-order valence-corrected chi connectivity index (χ2v) is 4.79. The van der Waals surface area contributed by atoms with Crippen LogP contribution < -0.4 is 0 Å². The first-order valence-corrected chi connectivity index (χ1v) is 6.56. The standard InChI is InChI=1S/C15H17FO3/c1-2-19-15(18)13-9-11(5-8-14(13)17)10-3-6-12(16)7-4-10/h3-4,6-7,11,13H,2,5,8-9H2,1H3. The Morgan fingerprint density at radius 1 is 1.37 bits per heavy atom. The minimum atomic E-state index is -0.663. The molecule has 0 aromatic heterocycles. The zero-order valence-corrected chi connectivity index (χ0v) is 10.9. The van der Waals surface area contributed by atoms with Crippen molar-refractivity contribution in [3.63, 3.8) is 0 Å². The number of carbonyl (C=O) groups excluding carboxylic acids is 2. The van der Waals surface area contributed by atoms with Crippen molar-refractivity contribution in [3.8, 4) is 0 Å². The topological polar surface area (TPSA) is 43.4 Å². The van der Waals surface area contributed by atoms with Gasteiger partial charge in [-0.15, -0.1) is 0 Å². The van der Waals surface area contributed by atoms with E-state index in [1.54, 1.807) is 19.1 Å². The Hall–Kier alpha value is -1.71. The largest absolute Gasteiger partial charge is 0.465 e. The summed E-state index contributed by atoms with van der Waals surface area (Å²) < 4.78 is 17.8. The summed E-state index contributed by atoms with van der Waals surface area (Å²) in [6, 6.07) is 6.26. The van der Waals surface area contributed by atoms with Crippen molar-refractivity contribution in [2.75, 3.05) is 6.61 Å². The molecule has 19 heavy (non-hydrogen) atoms. The number of halogens is 1. The zero-order valence-electron chi connectivity index (χ0n) is 10.9. The fraction of sp³-hybridized carbons (Fsp3) is 0.467. The highest BCUT2D eigenvalue weighted by atomic mass is 19.1. The highest BCUT2D eigenvalue weighted by Crippen LogP contribution is 2.35. The van der Waals surface area contributed by atoms with E-state index in [9.17, 15) is 14.0 Å². The monoisotopic (exact) mass is 264 g/mol. The number of carbonyl (C=O) groups is 2. The summed E-state index contributed by atoms with van der Waals surface area (Å²) >= 11 is 0. The molecule has 0 aliphatic heterocycles. The van der Waals surface area contributed by atoms with E-state index in [2.05, 4.69) is 0 Å². The molecule has 0 spiro atoms. The Morgan fingerprint density at radius 2 is 2.05 bits per heavy atom. The number of ether oxygens (including phenoxy) is 1. The number of esters is 1. The molecule has 1 fully saturated rings. The molecule has 2 atom stereocenters. The number of hydrogen-bond donors (Lipinski definition) is 0. The second-order valence-electron chi connectivity index (χ2n) is 4.79. The highest BCUT2D eigenvalue weighted by Gasteiger charge is 2.35. The molecule has 1 aliphatic carbocycles. The van der Waals surface area contributed by atoms with Crippen molar-refractivity contribution >= 4 is 11.8 Å². The molecule has 4 heteroatoms. The van der Waals surface area contributed by atoms with Gasteiger partial charge in [-0.05, 0) is 43.4 Å². The van der Waals surface area contributed by atoms with Gasteiger partial charge in [0.1, 0.15) is 17.5 Å². The van der Waals surface area contributed by atoms with Crippen LogP contribution in [0.4, 0.5) is 4.39 Å². The van der Waals surface area contributed by atoms with E-state index in [0.717, 1.165) is 5.56 Å². The van der Waals surface area contributed by atoms with E-state index in [4.69, 9.17) is 4.74 Å². The van der Waals surface area contributed by atoms with Crippen molar-refractivity contribution in [2.24, 2.45) is 5.92 Å². The number of ketones is 1. The molecule has 1 aromatic carbocycles. The lowest BCUT2D eigenvalue weighted by atomic mass is 9.77. The fourth-order valence-corrected chi connectivity index (χ4v) is 2.53. The smallest absolute Gasteiger partial charge is 0.316 e. The third-order valence-corrected chi connectivity index (χ3v) is 3.56. The van der Waals surface area contributed by atoms with E-state index in [1.807, 2.05) is 0 Å². The molecular formula is C15H17FO3. The third kappa shape index (κ3) is 3.19. The fourth-order valence-electron chi connectivity index (χ4n) is 2.53. The van der Waals surface area contributed by atoms with Crippen molar-refractivity contribution in [1.29, 1.82) is 0 Å². The molecule has 2 unspecified atom stereocenters. The summed E-state index contributed by atoms with van der Waals surface area (Å²) in [5.74, 6) is -1.30. The lowest BCUT2D eigenvalue weighted by Gasteiger charge is -2.27. The first kappa shape index (κ1) is 13.7. The zero-order chi connectivity index (χ0) is 13.8. The van der Waals surface area contributed by atoms with Crippen molar-refractivity contribution in [1.82, 2.24) is 0 Å². The summed E-state index contributed by atoms with van der Waals surface area (Å²) in [4.78, 5) is 23.5. The van der Waals surface area contributed by atoms with E-state index >= 15 is 0 Å². The Balaban J connectivity index is 2.10. The van der Waals surface area contributed by atoms with Gasteiger partial charge in [-0.2, -0.15) is 0 Å². The lowest BCUT2D eigenvalue weighted by Crippen LogP contribution is -2.31. The van der Waals surface area contributed by atoms with Crippen LogP contribution >= 0.6 is 0 Å². The number of hydrogen-bond acceptors (Lipinski definition) is 3. The molecule has 1 aromatic rings. The Morgan fingerprint density at radius 3 is 2.68 bits per heavy atom. The number of benzene rings is 1. The van der Waals surface area contributed by atoms with Crippen LogP contribution in [0.3, 0.4) is 0 Å². The van der Waals surface area contributed by atoms with Crippen LogP contribution in [0.1, 0.15) is 37.7 Å². The van der Waals surface area contributed by atoms with Crippen molar-refractivity contribution in [3.05, 3.63) is 35.6 Å². The summed E-state index contributed by atoms with van der Waals surface area (Å²) in [6.45, 7) is 2.01. The van der Waals surface area contributed by atoms with Gasteiger partial charge in [0.15, 0.2) is 0 Å². The molecule has 0 bridgehead atoms. The van der Waals surface area contributed by atoms with Crippen LogP contribution in [0.2, 0.25) is 0 Å². The second kappa shape index (κ2) is 5.95. The quantitative estimate of drug-likeness (QED) is 0.623. The number of Topliss-reactive ketones (excluding diaryl/α,β-unsaturated/α-hetero) is 1. The van der Waals surface area contributed by atoms with Gasteiger partial charge in [0.05, 0.1) is 6.61 Å². The minimum Gasteiger partial charge on any atom is -0.465 e. The molecule has 3 nitrogen and oxygen atoms in total. The maximum Gasteiger partial charge on any atom is 0.316 e. The van der Waals surface area contributed by atoms with E-state index in [0.29, 0.717) is 19.3 Å². The molecule has 1 saturated carbocycles. The Labute approximate surface area is 111 Å². The molecule has 1 aliphatic rings. The summed E-state index contributed by atoms with van der Waals surface area (Å²) in [7, 11) is 0. The maximum absolute atomic E-state index is 12.9. The van der Waals surface area contributed by atoms with E-state index in [-0.39, 0.29) is 24.1 Å². The summed E-state index contributed by atoms with van der Waals surface area (Å²) in [5.41, 5.74) is 0.975. The SMILES string of the molecule is CCOC(=O)C1CC(c2ccc(F)cc2)CCC1=O. The first-order valence-electron chi connectivity index (χ1n) is 6.56. The minimum absolute atomic E-state index is 0.0446. The van der Waals surface area contributed by atoms with Gasteiger partial charge >= 0.3 is 5.97 Å². The molecule has 0 N–H and O–H groups in total. The van der Waals surface area contributed by atoms with Gasteiger partial charge in [0.25, 0.3) is 0 Å². The van der Waals surface area contributed by atoms with Gasteiger partial charge in [-0.25, -0.2) is 4.39 Å². The Kier molecular flexibility index (Phi) is 4.30. The van der Waals surface area contributed by atoms with Crippen LogP contribution in [0.5, 0.6) is 0 Å². The van der Waals surface area contributed by atoms with Gasteiger partial charge in [0, 0.05) is 6.42 Å². The first-order chi connectivity index (χ1) is 9.11. The van der Waals surface area contributed by atoms with Crippen LogP contribution in [0, 0.1) is 11.7 Å². The van der Waals surface area contributed by atoms with Crippen LogP contribution in [-0.2, 0) is 14.3 Å². The molecular weight excluding hydrogens is 247 g/mol. The van der Waals surface area contributed by atoms with Gasteiger partial charge < -0.3 is 4.74 Å². The molecule has 2 rings (SSSR count). The molecule has 0 amide bonds. The highest BCUT2D eigenvalue weighted by molar-refractivity contribution is 5.99. The average Bonchev–Trinajstić information content (AvgIpc) is 2.40. The van der Waals surface area contributed by atoms with Gasteiger partial charge in [-0.1, -0.05) is 12.1 Å². The summed E-state index contributed by atoms with van der Waals surface area (Å²) in [6.07, 6.45) is 1.55. The summed E-state index contributed by atoms with van der Waals surface area (Å²) in [5, 5.41) is 0. The normalized spacial score (nSPS) is 23.2. The maximum atomic E-state index is 12.9. The van der Waals surface area contributed by atoms with E-state index in [1.165, 1.54) is 12.1 Å². The lowest BCUT2D eigenvalue weighted by molar-refractivity contribution is -0.153. The predicted octanol–water partition coefficient (Wildman–Crippen LogP) is 2.84. The molecule has 0 saturated heterocycles. The van der Waals surface area contributed by atoms with Gasteiger partial charge in [0.2, 0.25) is 0 Å². The molecule has 0 heterocycles. The number of rotatable bonds is 3. The van der Waals surface area contributed by atoms with Crippen LogP contribution in [0.25, 0.3) is 0 Å². The average molecular weight is 264 g/mol. The van der Waals surface area contributed by atoms with Crippen LogP contribution in [0.15, 0.2) is 24.3 Å². The van der Waals surface area contributed by atoms with Gasteiger partial charge in [-0.3, -0.25) is 9.59 Å². The molecule has 0 radical (unpaired) electrons. The third-order valence-electron chi connectivity index (χ3n) is 3.56. The predicted molar refractivity (Wildman–Crippen MR) is 68.1 cm³/mol. The van der Waals surface area contributed by atoms with Crippen molar-refractivity contribution < 1.29 is 18.7 Å². The van der Waals surface area contributed by atoms with Crippen molar-refractivity contribution in [2.45, 2.75) is 32.1 Å².